The first-order valence-electron chi connectivity index (χ1n) is 8.65. The molecule has 2 amide bonds. The van der Waals surface area contributed by atoms with Crippen molar-refractivity contribution in [3.8, 4) is 0 Å². The zero-order valence-corrected chi connectivity index (χ0v) is 14.7. The van der Waals surface area contributed by atoms with Crippen molar-refractivity contribution in [3.63, 3.8) is 0 Å². The van der Waals surface area contributed by atoms with Crippen LogP contribution in [0.3, 0.4) is 0 Å². The Morgan fingerprint density at radius 3 is 2.72 bits per heavy atom. The predicted octanol–water partition coefficient (Wildman–Crippen LogP) is 1.50. The number of rotatable bonds is 5. The van der Waals surface area contributed by atoms with Gasteiger partial charge in [-0.2, -0.15) is 5.10 Å². The van der Waals surface area contributed by atoms with Gasteiger partial charge in [-0.3, -0.25) is 14.3 Å². The molecule has 2 aromatic rings. The molecular formula is C17H21N5O2S. The number of hydrogen-bond donors (Lipinski definition) is 1. The van der Waals surface area contributed by atoms with Crippen LogP contribution >= 0.6 is 11.3 Å². The van der Waals surface area contributed by atoms with Crippen LogP contribution in [0.15, 0.2) is 29.4 Å². The van der Waals surface area contributed by atoms with Crippen LogP contribution in [0, 0.1) is 5.92 Å². The number of likely N-dealkylation sites (tertiary alicyclic amines) is 1. The minimum atomic E-state index is -0.711. The smallest absolute Gasteiger partial charge is 0.273 e. The Labute approximate surface area is 150 Å². The lowest BCUT2D eigenvalue weighted by Gasteiger charge is -2.40. The summed E-state index contributed by atoms with van der Waals surface area (Å²) in [4.78, 5) is 31.4. The van der Waals surface area contributed by atoms with Crippen molar-refractivity contribution in [1.29, 1.82) is 0 Å². The summed E-state index contributed by atoms with van der Waals surface area (Å²) in [6.07, 6.45) is 7.05. The van der Waals surface area contributed by atoms with E-state index in [-0.39, 0.29) is 11.8 Å². The van der Waals surface area contributed by atoms with Crippen molar-refractivity contribution in [3.05, 3.63) is 35.0 Å². The number of hydrogen-bond acceptors (Lipinski definition) is 5. The van der Waals surface area contributed by atoms with Gasteiger partial charge in [-0.15, -0.1) is 11.3 Å². The lowest BCUT2D eigenvalue weighted by Crippen LogP contribution is -2.56. The summed E-state index contributed by atoms with van der Waals surface area (Å²) in [7, 11) is 0. The van der Waals surface area contributed by atoms with E-state index < -0.39 is 5.54 Å². The third kappa shape index (κ3) is 3.18. The minimum absolute atomic E-state index is 0.0175. The highest BCUT2D eigenvalue weighted by Crippen LogP contribution is 2.32. The van der Waals surface area contributed by atoms with Crippen LogP contribution in [0.2, 0.25) is 0 Å². The molecule has 0 radical (unpaired) electrons. The Bertz CT molecular complexity index is 731. The molecule has 2 aromatic heterocycles. The number of thiazole rings is 1. The van der Waals surface area contributed by atoms with Crippen LogP contribution in [-0.2, 0) is 10.3 Å². The molecular weight excluding hydrogens is 338 g/mol. The molecule has 2 aliphatic rings. The molecule has 0 bridgehead atoms. The number of nitrogens with one attached hydrogen (secondary N) is 1. The van der Waals surface area contributed by atoms with Gasteiger partial charge in [0, 0.05) is 37.4 Å². The maximum absolute atomic E-state index is 13.0. The first-order chi connectivity index (χ1) is 12.2. The molecule has 2 fully saturated rings. The fourth-order valence-electron chi connectivity index (χ4n) is 3.37. The van der Waals surface area contributed by atoms with E-state index in [1.807, 2.05) is 12.3 Å². The van der Waals surface area contributed by atoms with Gasteiger partial charge in [-0.25, -0.2) is 4.98 Å². The largest absolute Gasteiger partial charge is 0.354 e. The van der Waals surface area contributed by atoms with Gasteiger partial charge in [-0.1, -0.05) is 0 Å². The number of carbonyl (C=O) groups excluding carboxylic acids is 2. The van der Waals surface area contributed by atoms with Crippen LogP contribution in [-0.4, -0.2) is 51.1 Å². The number of nitrogens with zero attached hydrogens (tertiary/aromatic N) is 4. The monoisotopic (exact) mass is 359 g/mol. The van der Waals surface area contributed by atoms with Crippen molar-refractivity contribution in [2.24, 2.45) is 5.92 Å². The second-order valence-electron chi connectivity index (χ2n) is 6.80. The van der Waals surface area contributed by atoms with Gasteiger partial charge in [0.15, 0.2) is 0 Å². The van der Waals surface area contributed by atoms with Crippen molar-refractivity contribution >= 4 is 23.2 Å². The van der Waals surface area contributed by atoms with E-state index >= 15 is 0 Å². The highest BCUT2D eigenvalue weighted by Gasteiger charge is 2.45. The van der Waals surface area contributed by atoms with Gasteiger partial charge in [0.05, 0.1) is 5.51 Å². The highest BCUT2D eigenvalue weighted by atomic mass is 32.1. The first kappa shape index (κ1) is 16.3. The summed E-state index contributed by atoms with van der Waals surface area (Å²) in [6, 6.07) is 1.84. The zero-order valence-electron chi connectivity index (χ0n) is 13.9. The van der Waals surface area contributed by atoms with Crippen molar-refractivity contribution in [2.45, 2.75) is 31.2 Å². The van der Waals surface area contributed by atoms with E-state index in [0.29, 0.717) is 37.5 Å². The van der Waals surface area contributed by atoms with Crippen LogP contribution in [0.25, 0.3) is 0 Å². The summed E-state index contributed by atoms with van der Waals surface area (Å²) in [5, 5.41) is 9.20. The Morgan fingerprint density at radius 1 is 1.32 bits per heavy atom. The fraction of sp³-hybridized carbons (Fsp3) is 0.529. The molecule has 0 spiro atoms. The van der Waals surface area contributed by atoms with E-state index in [0.717, 1.165) is 6.54 Å². The Morgan fingerprint density at radius 2 is 2.12 bits per heavy atom. The summed E-state index contributed by atoms with van der Waals surface area (Å²) >= 11 is 1.41. The molecule has 3 heterocycles. The molecule has 8 heteroatoms. The van der Waals surface area contributed by atoms with Gasteiger partial charge in [0.1, 0.15) is 11.2 Å². The molecule has 0 aromatic carbocycles. The molecule has 132 valence electrons. The van der Waals surface area contributed by atoms with Crippen molar-refractivity contribution in [2.75, 3.05) is 19.6 Å². The lowest BCUT2D eigenvalue weighted by atomic mass is 9.86. The van der Waals surface area contributed by atoms with Crippen LogP contribution in [0.1, 0.15) is 36.2 Å². The third-order valence-electron chi connectivity index (χ3n) is 5.14. The predicted molar refractivity (Wildman–Crippen MR) is 93.2 cm³/mol. The fourth-order valence-corrected chi connectivity index (χ4v) is 3.89. The van der Waals surface area contributed by atoms with Crippen molar-refractivity contribution < 1.29 is 9.59 Å². The second kappa shape index (κ2) is 6.59. The molecule has 25 heavy (non-hydrogen) atoms. The Balaban J connectivity index is 1.49. The van der Waals surface area contributed by atoms with Crippen LogP contribution in [0.5, 0.6) is 0 Å². The average molecular weight is 359 g/mol. The molecule has 1 aliphatic heterocycles. The number of aromatic nitrogens is 3. The van der Waals surface area contributed by atoms with Gasteiger partial charge in [0.25, 0.3) is 5.91 Å². The lowest BCUT2D eigenvalue weighted by molar-refractivity contribution is -0.133. The normalized spacial score (nSPS) is 19.6. The van der Waals surface area contributed by atoms with Gasteiger partial charge in [-0.05, 0) is 37.7 Å². The number of carbonyl (C=O) groups is 2. The molecule has 4 rings (SSSR count). The Hall–Kier alpha value is -2.22. The molecule has 0 atom stereocenters. The van der Waals surface area contributed by atoms with Gasteiger partial charge in [0.2, 0.25) is 5.91 Å². The van der Waals surface area contributed by atoms with E-state index in [1.165, 1.54) is 24.2 Å². The molecule has 1 saturated carbocycles. The SMILES string of the molecule is O=C(c1cscn1)N1CCC(C(=O)NCC2CC2)(n2cccn2)CC1. The van der Waals surface area contributed by atoms with E-state index in [4.69, 9.17) is 0 Å². The van der Waals surface area contributed by atoms with Gasteiger partial charge >= 0.3 is 0 Å². The molecule has 1 saturated heterocycles. The summed E-state index contributed by atoms with van der Waals surface area (Å²) in [6.45, 7) is 1.78. The maximum Gasteiger partial charge on any atom is 0.273 e. The second-order valence-corrected chi connectivity index (χ2v) is 7.52. The molecule has 1 N–H and O–H groups in total. The Kier molecular flexibility index (Phi) is 4.29. The highest BCUT2D eigenvalue weighted by molar-refractivity contribution is 7.07. The van der Waals surface area contributed by atoms with E-state index in [1.54, 1.807) is 26.7 Å². The molecule has 0 unspecified atom stereocenters. The van der Waals surface area contributed by atoms with E-state index in [9.17, 15) is 9.59 Å². The van der Waals surface area contributed by atoms with Crippen molar-refractivity contribution in [1.82, 2.24) is 25.0 Å². The molecule has 7 nitrogen and oxygen atoms in total. The summed E-state index contributed by atoms with van der Waals surface area (Å²) in [5.41, 5.74) is 1.43. The van der Waals surface area contributed by atoms with Gasteiger partial charge < -0.3 is 10.2 Å². The average Bonchev–Trinajstić information content (AvgIpc) is 3.09. The molecule has 1 aliphatic carbocycles. The quantitative estimate of drug-likeness (QED) is 0.877. The number of amides is 2. The summed E-state index contributed by atoms with van der Waals surface area (Å²) < 4.78 is 1.76. The number of piperidine rings is 1. The van der Waals surface area contributed by atoms with Crippen LogP contribution < -0.4 is 5.32 Å². The first-order valence-corrected chi connectivity index (χ1v) is 9.59. The standard InChI is InChI=1S/C17H21N5O2S/c23-15(14-11-25-12-19-14)21-8-4-17(5-9-21,22-7-1-6-20-22)16(24)18-10-13-2-3-13/h1,6-7,11-13H,2-5,8-10H2,(H,18,24). The maximum atomic E-state index is 13.0. The topological polar surface area (TPSA) is 80.1 Å². The van der Waals surface area contributed by atoms with E-state index in [2.05, 4.69) is 15.4 Å². The summed E-state index contributed by atoms with van der Waals surface area (Å²) in [5.74, 6) is 0.586. The zero-order chi connectivity index (χ0) is 17.3. The third-order valence-corrected chi connectivity index (χ3v) is 5.73. The van der Waals surface area contributed by atoms with Crippen LogP contribution in [0.4, 0.5) is 0 Å². The minimum Gasteiger partial charge on any atom is -0.354 e.